The van der Waals surface area contributed by atoms with Crippen molar-refractivity contribution in [3.8, 4) is 0 Å². The molecule has 0 heterocycles. The monoisotopic (exact) mass is 304 g/mol. The number of hydrogen-bond donors (Lipinski definition) is 0. The summed E-state index contributed by atoms with van der Waals surface area (Å²) in [5.74, 6) is -2.72. The molecule has 0 N–H and O–H groups in total. The summed E-state index contributed by atoms with van der Waals surface area (Å²) >= 11 is 2.75. The Morgan fingerprint density at radius 2 is 1.93 bits per heavy atom. The number of rotatable bonds is 2. The van der Waals surface area contributed by atoms with E-state index in [1.54, 1.807) is 0 Å². The highest BCUT2D eigenvalue weighted by molar-refractivity contribution is 9.10. The zero-order chi connectivity index (χ0) is 10.9. The molecule has 1 rings (SSSR count). The van der Waals surface area contributed by atoms with Crippen LogP contribution in [-0.4, -0.2) is 8.42 Å². The highest BCUT2D eigenvalue weighted by Gasteiger charge is 2.15. The van der Waals surface area contributed by atoms with Crippen molar-refractivity contribution in [2.75, 3.05) is 0 Å². The van der Waals surface area contributed by atoms with E-state index in [9.17, 15) is 17.2 Å². The molecule has 78 valence electrons. The van der Waals surface area contributed by atoms with E-state index >= 15 is 0 Å². The lowest BCUT2D eigenvalue weighted by Crippen LogP contribution is -1.99. The van der Waals surface area contributed by atoms with Crippen LogP contribution < -0.4 is 0 Å². The van der Waals surface area contributed by atoms with E-state index in [1.807, 2.05) is 0 Å². The minimum Gasteiger partial charge on any atom is -0.212 e. The van der Waals surface area contributed by atoms with E-state index in [0.717, 1.165) is 12.1 Å². The lowest BCUT2D eigenvalue weighted by molar-refractivity contribution is 0.503. The lowest BCUT2D eigenvalue weighted by Gasteiger charge is -2.03. The maximum atomic E-state index is 12.9. The zero-order valence-corrected chi connectivity index (χ0v) is 9.76. The molecule has 0 saturated carbocycles. The molecule has 0 spiro atoms. The molecule has 0 aliphatic rings. The third-order valence-corrected chi connectivity index (χ3v) is 3.28. The highest BCUT2D eigenvalue weighted by Crippen LogP contribution is 2.25. The van der Waals surface area contributed by atoms with Gasteiger partial charge in [-0.25, -0.2) is 17.2 Å². The summed E-state index contributed by atoms with van der Waals surface area (Å²) in [5, 5.41) is 0. The van der Waals surface area contributed by atoms with E-state index < -0.39 is 26.4 Å². The second-order valence-electron chi connectivity index (χ2n) is 2.52. The molecule has 0 saturated heterocycles. The fourth-order valence-electron chi connectivity index (χ4n) is 0.863. The molecule has 0 aliphatic heterocycles. The van der Waals surface area contributed by atoms with Crippen LogP contribution in [0.15, 0.2) is 16.6 Å². The molecule has 7 heteroatoms. The summed E-state index contributed by atoms with van der Waals surface area (Å²) in [6.07, 6.45) is 0. The van der Waals surface area contributed by atoms with Gasteiger partial charge in [0.05, 0.1) is 10.2 Å². The summed E-state index contributed by atoms with van der Waals surface area (Å²) in [7, 11) is 1.19. The summed E-state index contributed by atoms with van der Waals surface area (Å²) in [5.41, 5.74) is 0.0823. The van der Waals surface area contributed by atoms with Crippen LogP contribution in [0.3, 0.4) is 0 Å². The van der Waals surface area contributed by atoms with E-state index in [1.165, 1.54) is 0 Å². The van der Waals surface area contributed by atoms with Gasteiger partial charge in [0.1, 0.15) is 0 Å². The minimum absolute atomic E-state index is 0.0823. The molecule has 0 bridgehead atoms. The predicted molar refractivity (Wildman–Crippen MR) is 52.5 cm³/mol. The van der Waals surface area contributed by atoms with Crippen LogP contribution in [0.1, 0.15) is 5.56 Å². The Morgan fingerprint density at radius 3 is 2.43 bits per heavy atom. The van der Waals surface area contributed by atoms with Crippen molar-refractivity contribution in [1.29, 1.82) is 0 Å². The number of hydrogen-bond acceptors (Lipinski definition) is 2. The zero-order valence-electron chi connectivity index (χ0n) is 6.60. The summed E-state index contributed by atoms with van der Waals surface area (Å²) in [4.78, 5) is 0. The van der Waals surface area contributed by atoms with Crippen LogP contribution >= 0.6 is 26.6 Å². The maximum Gasteiger partial charge on any atom is 0.236 e. The van der Waals surface area contributed by atoms with Gasteiger partial charge in [-0.1, -0.05) is 6.07 Å². The molecule has 0 amide bonds. The Labute approximate surface area is 92.4 Å². The van der Waals surface area contributed by atoms with E-state index in [0.29, 0.717) is 0 Å². The number of benzene rings is 1. The van der Waals surface area contributed by atoms with Gasteiger partial charge in [0.25, 0.3) is 0 Å². The standard InChI is InChI=1S/C7H4BrClF2O2S/c8-6-4(3-14(9,12)13)1-2-5(10)7(6)11/h1-2H,3H2. The molecule has 2 nitrogen and oxygen atoms in total. The Hall–Kier alpha value is -0.200. The molecule has 0 aliphatic carbocycles. The quantitative estimate of drug-likeness (QED) is 0.622. The van der Waals surface area contributed by atoms with Gasteiger partial charge in [0, 0.05) is 10.7 Å². The average molecular weight is 306 g/mol. The molecular formula is C7H4BrClF2O2S. The number of halogens is 4. The van der Waals surface area contributed by atoms with Gasteiger partial charge in [0.2, 0.25) is 9.05 Å². The second kappa shape index (κ2) is 4.12. The van der Waals surface area contributed by atoms with Gasteiger partial charge in [-0.05, 0) is 27.6 Å². The predicted octanol–water partition coefficient (Wildman–Crippen LogP) is 2.80. The van der Waals surface area contributed by atoms with E-state index in [-0.39, 0.29) is 10.0 Å². The van der Waals surface area contributed by atoms with Gasteiger partial charge < -0.3 is 0 Å². The molecule has 14 heavy (non-hydrogen) atoms. The van der Waals surface area contributed by atoms with Crippen LogP contribution in [0.25, 0.3) is 0 Å². The molecule has 1 aromatic rings. The normalized spacial score (nSPS) is 11.7. The van der Waals surface area contributed by atoms with E-state index in [4.69, 9.17) is 10.7 Å². The maximum absolute atomic E-state index is 12.9. The van der Waals surface area contributed by atoms with Gasteiger partial charge >= 0.3 is 0 Å². The Morgan fingerprint density at radius 1 is 1.36 bits per heavy atom. The first-order chi connectivity index (χ1) is 6.31. The van der Waals surface area contributed by atoms with Gasteiger partial charge in [-0.2, -0.15) is 0 Å². The largest absolute Gasteiger partial charge is 0.236 e. The molecule has 0 radical (unpaired) electrons. The topological polar surface area (TPSA) is 34.1 Å². The Bertz CT molecular complexity index is 461. The van der Waals surface area contributed by atoms with Crippen molar-refractivity contribution in [3.63, 3.8) is 0 Å². The second-order valence-corrected chi connectivity index (χ2v) is 6.09. The molecule has 0 fully saturated rings. The van der Waals surface area contributed by atoms with Crippen LogP contribution in [0.5, 0.6) is 0 Å². The van der Waals surface area contributed by atoms with Crippen LogP contribution in [0, 0.1) is 11.6 Å². The van der Waals surface area contributed by atoms with Crippen molar-refractivity contribution < 1.29 is 17.2 Å². The van der Waals surface area contributed by atoms with Gasteiger partial charge in [-0.3, -0.25) is 0 Å². The third kappa shape index (κ3) is 2.90. The van der Waals surface area contributed by atoms with Crippen LogP contribution in [0.4, 0.5) is 8.78 Å². The summed E-state index contributed by atoms with van der Waals surface area (Å²) < 4.78 is 46.6. The SMILES string of the molecule is O=S(=O)(Cl)Cc1ccc(F)c(F)c1Br. The first kappa shape index (κ1) is 11.9. The van der Waals surface area contributed by atoms with E-state index in [2.05, 4.69) is 15.9 Å². The van der Waals surface area contributed by atoms with Crippen LogP contribution in [0.2, 0.25) is 0 Å². The average Bonchev–Trinajstić information content (AvgIpc) is 2.04. The lowest BCUT2D eigenvalue weighted by atomic mass is 10.2. The van der Waals surface area contributed by atoms with Crippen molar-refractivity contribution in [3.05, 3.63) is 33.8 Å². The van der Waals surface area contributed by atoms with Crippen molar-refractivity contribution in [2.24, 2.45) is 0 Å². The van der Waals surface area contributed by atoms with Gasteiger partial charge in [0.15, 0.2) is 11.6 Å². The minimum atomic E-state index is -3.78. The van der Waals surface area contributed by atoms with Crippen molar-refractivity contribution in [1.82, 2.24) is 0 Å². The molecule has 0 atom stereocenters. The summed E-state index contributed by atoms with van der Waals surface area (Å²) in [6, 6.07) is 2.00. The molecule has 0 unspecified atom stereocenters. The highest BCUT2D eigenvalue weighted by atomic mass is 79.9. The fraction of sp³-hybridized carbons (Fsp3) is 0.143. The third-order valence-electron chi connectivity index (χ3n) is 1.44. The van der Waals surface area contributed by atoms with Crippen molar-refractivity contribution in [2.45, 2.75) is 5.75 Å². The van der Waals surface area contributed by atoms with Crippen molar-refractivity contribution >= 4 is 35.7 Å². The Balaban J connectivity index is 3.19. The first-order valence-electron chi connectivity index (χ1n) is 3.36. The Kier molecular flexibility index (Phi) is 3.49. The molecule has 0 aromatic heterocycles. The smallest absolute Gasteiger partial charge is 0.212 e. The fourth-order valence-corrected chi connectivity index (χ4v) is 2.48. The first-order valence-corrected chi connectivity index (χ1v) is 6.63. The van der Waals surface area contributed by atoms with Gasteiger partial charge in [-0.15, -0.1) is 0 Å². The molecular weight excluding hydrogens is 301 g/mol. The van der Waals surface area contributed by atoms with Crippen LogP contribution in [-0.2, 0) is 14.8 Å². The summed E-state index contributed by atoms with van der Waals surface area (Å²) in [6.45, 7) is 0. The molecule has 1 aromatic carbocycles.